The largest absolute Gasteiger partial charge is 0.462 e. The summed E-state index contributed by atoms with van der Waals surface area (Å²) in [5, 5.41) is 23.7. The van der Waals surface area contributed by atoms with Gasteiger partial charge in [0.15, 0.2) is 0 Å². The van der Waals surface area contributed by atoms with E-state index < -0.39 is 18.2 Å². The molecule has 0 rings (SSSR count). The number of carbonyl (C=O) groups excluding carboxylic acids is 2. The van der Waals surface area contributed by atoms with Crippen LogP contribution in [0.3, 0.4) is 0 Å². The maximum absolute atomic E-state index is 13.2. The molecule has 0 fully saturated rings. The van der Waals surface area contributed by atoms with E-state index in [1.807, 2.05) is 36.5 Å². The molecule has 61 heavy (non-hydrogen) atoms. The summed E-state index contributed by atoms with van der Waals surface area (Å²) in [4.78, 5) is 26.1. The van der Waals surface area contributed by atoms with E-state index in [9.17, 15) is 19.8 Å². The number of amides is 1. The van der Waals surface area contributed by atoms with Crippen molar-refractivity contribution in [2.24, 2.45) is 0 Å². The van der Waals surface area contributed by atoms with Crippen molar-refractivity contribution < 1.29 is 24.5 Å². The fourth-order valence-corrected chi connectivity index (χ4v) is 7.21. The molecule has 0 aromatic heterocycles. The Morgan fingerprint density at radius 1 is 0.475 bits per heavy atom. The van der Waals surface area contributed by atoms with E-state index in [-0.39, 0.29) is 24.9 Å². The molecule has 0 aliphatic rings. The van der Waals surface area contributed by atoms with Gasteiger partial charge in [0.1, 0.15) is 6.10 Å². The Morgan fingerprint density at radius 3 is 1.39 bits per heavy atom. The Kier molecular flexibility index (Phi) is 45.7. The number of allylic oxidation sites excluding steroid dienone is 14. The highest BCUT2D eigenvalue weighted by Crippen LogP contribution is 2.17. The zero-order valence-corrected chi connectivity index (χ0v) is 39.8. The van der Waals surface area contributed by atoms with Crippen molar-refractivity contribution in [3.63, 3.8) is 0 Å². The smallest absolute Gasteiger partial charge is 0.306 e. The fourth-order valence-electron chi connectivity index (χ4n) is 7.21. The molecule has 0 spiro atoms. The summed E-state index contributed by atoms with van der Waals surface area (Å²) in [6, 6.07) is -0.722. The van der Waals surface area contributed by atoms with Gasteiger partial charge in [0.2, 0.25) is 5.91 Å². The van der Waals surface area contributed by atoms with Crippen LogP contribution in [0.25, 0.3) is 0 Å². The summed E-state index contributed by atoms with van der Waals surface area (Å²) in [7, 11) is 0. The molecule has 0 aliphatic heterocycles. The van der Waals surface area contributed by atoms with Gasteiger partial charge in [-0.25, -0.2) is 0 Å². The summed E-state index contributed by atoms with van der Waals surface area (Å²) in [6.45, 7) is 6.34. The molecule has 0 aromatic rings. The lowest BCUT2D eigenvalue weighted by Gasteiger charge is -2.24. The maximum Gasteiger partial charge on any atom is 0.306 e. The number of aliphatic hydroxyl groups is 2. The molecule has 0 bridgehead atoms. The van der Waals surface area contributed by atoms with Gasteiger partial charge < -0.3 is 20.3 Å². The number of carbonyl (C=O) groups is 2. The lowest BCUT2D eigenvalue weighted by Crippen LogP contribution is -2.46. The van der Waals surface area contributed by atoms with Gasteiger partial charge in [-0.3, -0.25) is 9.59 Å². The van der Waals surface area contributed by atoms with E-state index >= 15 is 0 Å². The molecule has 6 nitrogen and oxygen atoms in total. The summed E-state index contributed by atoms with van der Waals surface area (Å²) in [5.74, 6) is -0.534. The van der Waals surface area contributed by atoms with Gasteiger partial charge in [-0.1, -0.05) is 228 Å². The van der Waals surface area contributed by atoms with Crippen molar-refractivity contribution in [2.45, 2.75) is 244 Å². The third kappa shape index (κ3) is 43.5. The van der Waals surface area contributed by atoms with Crippen LogP contribution in [0.5, 0.6) is 0 Å². The summed E-state index contributed by atoms with van der Waals surface area (Å²) in [5.41, 5.74) is 0. The van der Waals surface area contributed by atoms with E-state index in [0.717, 1.165) is 77.0 Å². The molecule has 3 N–H and O–H groups in total. The molecule has 0 radical (unpaired) electrons. The van der Waals surface area contributed by atoms with Gasteiger partial charge in [-0.05, 0) is 70.6 Å². The fraction of sp³-hybridized carbons (Fsp3) is 0.709. The normalized spacial score (nSPS) is 14.0. The van der Waals surface area contributed by atoms with Crippen LogP contribution >= 0.6 is 0 Å². The topological polar surface area (TPSA) is 95.9 Å². The number of unbranched alkanes of at least 4 members (excludes halogenated alkanes) is 23. The summed E-state index contributed by atoms with van der Waals surface area (Å²) < 4.78 is 5.91. The minimum atomic E-state index is -0.805. The monoisotopic (exact) mass is 850 g/mol. The predicted octanol–water partition coefficient (Wildman–Crippen LogP) is 15.2. The van der Waals surface area contributed by atoms with Gasteiger partial charge in [-0.2, -0.15) is 0 Å². The lowest BCUT2D eigenvalue weighted by molar-refractivity contribution is -0.151. The number of hydrogen-bond donors (Lipinski definition) is 3. The van der Waals surface area contributed by atoms with E-state index in [1.54, 1.807) is 0 Å². The third-order valence-electron chi connectivity index (χ3n) is 11.1. The van der Waals surface area contributed by atoms with Crippen LogP contribution in [0, 0.1) is 0 Å². The number of hydrogen-bond acceptors (Lipinski definition) is 5. The minimum Gasteiger partial charge on any atom is -0.462 e. The van der Waals surface area contributed by atoms with Crippen molar-refractivity contribution in [3.05, 3.63) is 85.1 Å². The molecule has 3 unspecified atom stereocenters. The predicted molar refractivity (Wildman–Crippen MR) is 264 cm³/mol. The van der Waals surface area contributed by atoms with Crippen molar-refractivity contribution in [1.29, 1.82) is 0 Å². The second-order valence-electron chi connectivity index (χ2n) is 17.0. The van der Waals surface area contributed by atoms with Gasteiger partial charge in [0.25, 0.3) is 0 Å². The number of esters is 1. The first kappa shape index (κ1) is 58.0. The third-order valence-corrected chi connectivity index (χ3v) is 11.1. The van der Waals surface area contributed by atoms with Crippen LogP contribution in [0.4, 0.5) is 0 Å². The number of ether oxygens (including phenoxy) is 1. The van der Waals surface area contributed by atoms with Gasteiger partial charge >= 0.3 is 5.97 Å². The van der Waals surface area contributed by atoms with E-state index in [2.05, 4.69) is 74.7 Å². The van der Waals surface area contributed by atoms with Crippen LogP contribution in [-0.4, -0.2) is 46.9 Å². The molecular weight excluding hydrogens is 755 g/mol. The van der Waals surface area contributed by atoms with Gasteiger partial charge in [0, 0.05) is 6.42 Å². The van der Waals surface area contributed by atoms with Crippen molar-refractivity contribution in [3.8, 4) is 0 Å². The molecule has 350 valence electrons. The first-order valence-electron chi connectivity index (χ1n) is 25.4. The average Bonchev–Trinajstić information content (AvgIpc) is 3.25. The molecule has 1 amide bonds. The zero-order valence-electron chi connectivity index (χ0n) is 39.8. The zero-order chi connectivity index (χ0) is 44.5. The van der Waals surface area contributed by atoms with Gasteiger partial charge in [-0.15, -0.1) is 0 Å². The number of aliphatic hydroxyl groups excluding tert-OH is 2. The molecule has 0 aromatic carbocycles. The van der Waals surface area contributed by atoms with Crippen LogP contribution in [0.1, 0.15) is 226 Å². The molecule has 6 heteroatoms. The molecule has 0 saturated heterocycles. The first-order chi connectivity index (χ1) is 30.0. The van der Waals surface area contributed by atoms with E-state index in [1.165, 1.54) is 103 Å². The standard InChI is InChI=1S/C55H95NO5/c1-4-7-10-13-16-19-22-24-26-28-29-32-34-37-40-43-46-51(61-55(60)48-45-42-39-36-33-30-27-25-23-20-17-14-11-8-5-2)49-54(59)56-52(50-57)53(58)47-44-41-38-35-31-21-18-15-12-9-6-3/h10,13,16-17,19-20,22-26,28-29,32,51-53,57-58H,4-9,11-12,14-15,18,21,27,30-31,33-50H2,1-3H3,(H,56,59)/b13-10+,19-16+,20-17+,24-22+,25-23+,28-26+,32-29+. The van der Waals surface area contributed by atoms with Crippen molar-refractivity contribution >= 4 is 11.9 Å². The quantitative estimate of drug-likeness (QED) is 0.0322. The van der Waals surface area contributed by atoms with Crippen LogP contribution in [0.15, 0.2) is 85.1 Å². The highest BCUT2D eigenvalue weighted by molar-refractivity contribution is 5.77. The Bertz CT molecular complexity index is 1180. The lowest BCUT2D eigenvalue weighted by atomic mass is 10.0. The molecule has 0 heterocycles. The maximum atomic E-state index is 13.2. The number of nitrogens with one attached hydrogen (secondary N) is 1. The van der Waals surface area contributed by atoms with Crippen LogP contribution in [-0.2, 0) is 14.3 Å². The van der Waals surface area contributed by atoms with Crippen molar-refractivity contribution in [2.75, 3.05) is 6.61 Å². The highest BCUT2D eigenvalue weighted by atomic mass is 16.5. The van der Waals surface area contributed by atoms with Crippen LogP contribution in [0.2, 0.25) is 0 Å². The Hall–Kier alpha value is -2.96. The molecular formula is C55H95NO5. The van der Waals surface area contributed by atoms with E-state index in [4.69, 9.17) is 4.74 Å². The summed E-state index contributed by atoms with van der Waals surface area (Å²) in [6.07, 6.45) is 62.0. The first-order valence-corrected chi connectivity index (χ1v) is 25.4. The number of rotatable bonds is 44. The molecule has 0 saturated carbocycles. The Morgan fingerprint density at radius 2 is 0.869 bits per heavy atom. The highest BCUT2D eigenvalue weighted by Gasteiger charge is 2.24. The Balaban J connectivity index is 4.73. The van der Waals surface area contributed by atoms with Gasteiger partial charge in [0.05, 0.1) is 25.2 Å². The minimum absolute atomic E-state index is 0.0406. The van der Waals surface area contributed by atoms with E-state index in [0.29, 0.717) is 19.3 Å². The second kappa shape index (κ2) is 48.1. The molecule has 3 atom stereocenters. The average molecular weight is 850 g/mol. The second-order valence-corrected chi connectivity index (χ2v) is 17.0. The molecule has 0 aliphatic carbocycles. The van der Waals surface area contributed by atoms with Crippen LogP contribution < -0.4 is 5.32 Å². The Labute approximate surface area is 376 Å². The summed E-state index contributed by atoms with van der Waals surface area (Å²) >= 11 is 0. The SMILES string of the molecule is CCC/C=C/C=C/C=C/C=C/C=C/CCCCCC(CC(=O)NC(CO)C(O)CCCCCCCCCCCCC)OC(=O)CCCCCCCC/C=C/C=C/CCCCC. The van der Waals surface area contributed by atoms with Crippen molar-refractivity contribution in [1.82, 2.24) is 5.32 Å².